The van der Waals surface area contributed by atoms with Crippen molar-refractivity contribution in [2.24, 2.45) is 16.9 Å². The molecule has 3 aliphatic rings. The lowest BCUT2D eigenvalue weighted by atomic mass is 10.0. The van der Waals surface area contributed by atoms with Crippen LogP contribution in [0.2, 0.25) is 0 Å². The Kier molecular flexibility index (Phi) is 4.88. The second-order valence-electron chi connectivity index (χ2n) is 7.24. The van der Waals surface area contributed by atoms with Gasteiger partial charge in [0.25, 0.3) is 0 Å². The molecule has 0 bridgehead atoms. The third-order valence-electron chi connectivity index (χ3n) is 5.26. The fourth-order valence-electron chi connectivity index (χ4n) is 3.68. The molecule has 2 fully saturated rings. The number of anilines is 1. The van der Waals surface area contributed by atoms with Gasteiger partial charge in [-0.3, -0.25) is 19.9 Å². The smallest absolute Gasteiger partial charge is 0.225 e. The molecule has 1 saturated carbocycles. The number of aldehydes is 1. The molecule has 0 radical (unpaired) electrons. The fraction of sp³-hybridized carbons (Fsp3) is 0.500. The topological polar surface area (TPSA) is 65.0 Å². The van der Waals surface area contributed by atoms with Crippen LogP contribution in [0.25, 0.3) is 0 Å². The maximum Gasteiger partial charge on any atom is 0.225 e. The zero-order valence-corrected chi connectivity index (χ0v) is 16.1. The number of amidine groups is 1. The Bertz CT molecular complexity index is 815. The molecule has 0 aromatic heterocycles. The van der Waals surface area contributed by atoms with Gasteiger partial charge in [-0.1, -0.05) is 0 Å². The highest BCUT2D eigenvalue weighted by Gasteiger charge is 2.38. The molecule has 1 N–H and O–H groups in total. The molecule has 6 nitrogen and oxygen atoms in total. The number of hydrogen-bond donors (Lipinski definition) is 1. The molecule has 2 aliphatic heterocycles. The van der Waals surface area contributed by atoms with E-state index >= 15 is 0 Å². The molecule has 1 aromatic carbocycles. The molecule has 1 saturated heterocycles. The van der Waals surface area contributed by atoms with Crippen molar-refractivity contribution in [2.45, 2.75) is 31.8 Å². The van der Waals surface area contributed by atoms with Gasteiger partial charge in [-0.05, 0) is 47.2 Å². The van der Waals surface area contributed by atoms with Crippen molar-refractivity contribution in [1.82, 2.24) is 10.3 Å². The standard InChI is InChI=1S/C18H19BrF2N4O2/c19-12-6-14(21)15(7-13(12)20)25-16(22-23-17(25)9-26)5-10-3-4-24(8-10)18(27)11-1-2-11/h6-7,9-11,17,23H,1-5,8H2/t10-,17?/m0/s1. The zero-order chi connectivity index (χ0) is 19.1. The SMILES string of the molecule is O=CC1NN=C(C[C@@H]2CCN(C(=O)C3CC3)C2)N1c1cc(F)c(Br)cc1F. The van der Waals surface area contributed by atoms with Crippen molar-refractivity contribution in [1.29, 1.82) is 0 Å². The van der Waals surface area contributed by atoms with Crippen LogP contribution in [-0.2, 0) is 9.59 Å². The Labute approximate surface area is 163 Å². The zero-order valence-electron chi connectivity index (χ0n) is 14.5. The van der Waals surface area contributed by atoms with Crippen LogP contribution in [0.1, 0.15) is 25.7 Å². The Morgan fingerprint density at radius 3 is 2.78 bits per heavy atom. The van der Waals surface area contributed by atoms with E-state index in [1.54, 1.807) is 0 Å². The molecule has 1 aromatic rings. The summed E-state index contributed by atoms with van der Waals surface area (Å²) in [5, 5.41) is 4.18. The van der Waals surface area contributed by atoms with Crippen molar-refractivity contribution in [3.63, 3.8) is 0 Å². The largest absolute Gasteiger partial charge is 0.342 e. The maximum atomic E-state index is 14.5. The second-order valence-corrected chi connectivity index (χ2v) is 8.10. The predicted octanol–water partition coefficient (Wildman–Crippen LogP) is 2.62. The lowest BCUT2D eigenvalue weighted by Crippen LogP contribution is -2.42. The van der Waals surface area contributed by atoms with Crippen LogP contribution in [-0.4, -0.2) is 42.2 Å². The van der Waals surface area contributed by atoms with Crippen LogP contribution in [0.5, 0.6) is 0 Å². The highest BCUT2D eigenvalue weighted by molar-refractivity contribution is 9.10. The first-order chi connectivity index (χ1) is 13.0. The first-order valence-corrected chi connectivity index (χ1v) is 9.77. The first-order valence-electron chi connectivity index (χ1n) is 8.98. The van der Waals surface area contributed by atoms with Gasteiger partial charge in [-0.2, -0.15) is 5.10 Å². The minimum atomic E-state index is -0.888. The molecule has 0 spiro atoms. The molecular formula is C18H19BrF2N4O2. The number of halogens is 3. The van der Waals surface area contributed by atoms with E-state index in [1.165, 1.54) is 4.90 Å². The lowest BCUT2D eigenvalue weighted by molar-refractivity contribution is -0.131. The van der Waals surface area contributed by atoms with Crippen molar-refractivity contribution in [3.05, 3.63) is 28.2 Å². The Hall–Kier alpha value is -2.03. The highest BCUT2D eigenvalue weighted by atomic mass is 79.9. The fourth-order valence-corrected chi connectivity index (χ4v) is 4.00. The quantitative estimate of drug-likeness (QED) is 0.564. The van der Waals surface area contributed by atoms with Gasteiger partial charge in [0.1, 0.15) is 17.5 Å². The lowest BCUT2D eigenvalue weighted by Gasteiger charge is -2.25. The monoisotopic (exact) mass is 440 g/mol. The molecule has 4 rings (SSSR count). The minimum absolute atomic E-state index is 0.0158. The van der Waals surface area contributed by atoms with Crippen LogP contribution < -0.4 is 10.3 Å². The number of rotatable bonds is 5. The minimum Gasteiger partial charge on any atom is -0.342 e. The van der Waals surface area contributed by atoms with E-state index in [9.17, 15) is 18.4 Å². The Morgan fingerprint density at radius 1 is 1.30 bits per heavy atom. The molecule has 1 aliphatic carbocycles. The number of carbonyl (C=O) groups is 2. The third-order valence-corrected chi connectivity index (χ3v) is 5.86. The summed E-state index contributed by atoms with van der Waals surface area (Å²) >= 11 is 2.96. The normalized spacial score (nSPS) is 24.8. The van der Waals surface area contributed by atoms with E-state index < -0.39 is 17.8 Å². The molecule has 2 heterocycles. The van der Waals surface area contributed by atoms with Gasteiger partial charge in [0.05, 0.1) is 10.2 Å². The van der Waals surface area contributed by atoms with E-state index in [2.05, 4.69) is 26.5 Å². The first kappa shape index (κ1) is 18.3. The summed E-state index contributed by atoms with van der Waals surface area (Å²) in [6.07, 6.45) is 2.96. The van der Waals surface area contributed by atoms with E-state index in [1.807, 2.05) is 4.90 Å². The molecule has 1 unspecified atom stereocenters. The number of benzene rings is 1. The van der Waals surface area contributed by atoms with Crippen LogP contribution in [0.4, 0.5) is 14.5 Å². The van der Waals surface area contributed by atoms with Gasteiger partial charge in [-0.15, -0.1) is 0 Å². The number of likely N-dealkylation sites (tertiary alicyclic amines) is 1. The molecular weight excluding hydrogens is 422 g/mol. The van der Waals surface area contributed by atoms with Crippen molar-refractivity contribution in [3.8, 4) is 0 Å². The van der Waals surface area contributed by atoms with Gasteiger partial charge in [0.15, 0.2) is 12.5 Å². The third kappa shape index (κ3) is 3.56. The van der Waals surface area contributed by atoms with Gasteiger partial charge in [0.2, 0.25) is 5.91 Å². The van der Waals surface area contributed by atoms with Crippen molar-refractivity contribution >= 4 is 39.6 Å². The van der Waals surface area contributed by atoms with Crippen LogP contribution in [0, 0.1) is 23.5 Å². The molecule has 27 heavy (non-hydrogen) atoms. The van der Waals surface area contributed by atoms with Crippen molar-refractivity contribution < 1.29 is 18.4 Å². The number of amides is 1. The van der Waals surface area contributed by atoms with Gasteiger partial charge < -0.3 is 4.90 Å². The van der Waals surface area contributed by atoms with E-state index in [4.69, 9.17) is 0 Å². The average molecular weight is 441 g/mol. The van der Waals surface area contributed by atoms with Crippen LogP contribution in [0.3, 0.4) is 0 Å². The molecule has 1 amide bonds. The summed E-state index contributed by atoms with van der Waals surface area (Å²) in [7, 11) is 0. The number of hydrazone groups is 1. The Morgan fingerprint density at radius 2 is 2.07 bits per heavy atom. The average Bonchev–Trinajstić information content (AvgIpc) is 3.27. The molecule has 9 heteroatoms. The van der Waals surface area contributed by atoms with Crippen LogP contribution >= 0.6 is 15.9 Å². The maximum absolute atomic E-state index is 14.5. The summed E-state index contributed by atoms with van der Waals surface area (Å²) in [5.74, 6) is -0.228. The van der Waals surface area contributed by atoms with Gasteiger partial charge >= 0.3 is 0 Å². The number of nitrogens with one attached hydrogen (secondary N) is 1. The summed E-state index contributed by atoms with van der Waals surface area (Å²) in [5.41, 5.74) is 2.63. The predicted molar refractivity (Wildman–Crippen MR) is 99.0 cm³/mol. The van der Waals surface area contributed by atoms with E-state index in [0.29, 0.717) is 31.6 Å². The molecule has 2 atom stereocenters. The number of nitrogens with zero attached hydrogens (tertiary/aromatic N) is 3. The summed E-state index contributed by atoms with van der Waals surface area (Å²) in [4.78, 5) is 26.9. The second kappa shape index (κ2) is 7.18. The van der Waals surface area contributed by atoms with E-state index in [0.717, 1.165) is 31.4 Å². The van der Waals surface area contributed by atoms with Gasteiger partial charge in [-0.25, -0.2) is 8.78 Å². The number of hydrogen-bond acceptors (Lipinski definition) is 5. The summed E-state index contributed by atoms with van der Waals surface area (Å²) in [6.45, 7) is 1.34. The highest BCUT2D eigenvalue weighted by Crippen LogP contribution is 2.34. The van der Waals surface area contributed by atoms with Crippen molar-refractivity contribution in [2.75, 3.05) is 18.0 Å². The summed E-state index contributed by atoms with van der Waals surface area (Å²) in [6, 6.07) is 2.09. The summed E-state index contributed by atoms with van der Waals surface area (Å²) < 4.78 is 28.4. The van der Waals surface area contributed by atoms with Crippen LogP contribution in [0.15, 0.2) is 21.7 Å². The number of carbonyl (C=O) groups excluding carboxylic acids is 2. The molecule has 144 valence electrons. The Balaban J connectivity index is 1.51. The van der Waals surface area contributed by atoms with Gasteiger partial charge in [0, 0.05) is 31.5 Å². The van der Waals surface area contributed by atoms with E-state index in [-0.39, 0.29) is 27.9 Å².